The molecule has 0 bridgehead atoms. The molecule has 1 amide bonds. The van der Waals surface area contributed by atoms with Crippen molar-refractivity contribution in [2.24, 2.45) is 0 Å². The summed E-state index contributed by atoms with van der Waals surface area (Å²) >= 11 is 0. The van der Waals surface area contributed by atoms with Crippen molar-refractivity contribution in [3.8, 4) is 11.5 Å². The smallest absolute Gasteiger partial charge is 0.219 e. The van der Waals surface area contributed by atoms with Crippen LogP contribution in [0.5, 0.6) is 11.5 Å². The van der Waals surface area contributed by atoms with Crippen molar-refractivity contribution in [2.75, 3.05) is 26.4 Å². The third kappa shape index (κ3) is 7.72. The van der Waals surface area contributed by atoms with Gasteiger partial charge in [-0.2, -0.15) is 0 Å². The van der Waals surface area contributed by atoms with Crippen LogP contribution in [0.3, 0.4) is 0 Å². The Morgan fingerprint density at radius 3 is 2.24 bits per heavy atom. The zero-order chi connectivity index (χ0) is 17.7. The van der Waals surface area contributed by atoms with Gasteiger partial charge in [-0.1, -0.05) is 37.3 Å². The molecule has 0 saturated heterocycles. The van der Waals surface area contributed by atoms with Crippen LogP contribution in [0.25, 0.3) is 0 Å². The van der Waals surface area contributed by atoms with Crippen molar-refractivity contribution in [3.05, 3.63) is 60.2 Å². The average molecular weight is 343 g/mol. The molecule has 134 valence electrons. The van der Waals surface area contributed by atoms with Gasteiger partial charge in [-0.25, -0.2) is 0 Å². The number of hydrogen-bond acceptors (Lipinski definition) is 4. The van der Waals surface area contributed by atoms with Crippen LogP contribution in [0.2, 0.25) is 0 Å². The molecule has 0 fully saturated rings. The van der Waals surface area contributed by atoms with Gasteiger partial charge < -0.3 is 19.5 Å². The van der Waals surface area contributed by atoms with Crippen LogP contribution in [-0.4, -0.2) is 32.3 Å². The van der Waals surface area contributed by atoms with E-state index in [2.05, 4.69) is 5.32 Å². The number of rotatable bonds is 11. The van der Waals surface area contributed by atoms with Crippen LogP contribution in [0.1, 0.15) is 18.9 Å². The lowest BCUT2D eigenvalue weighted by molar-refractivity contribution is -0.121. The van der Waals surface area contributed by atoms with Crippen molar-refractivity contribution in [1.82, 2.24) is 5.32 Å². The Kier molecular flexibility index (Phi) is 8.35. The normalized spacial score (nSPS) is 10.3. The molecular weight excluding hydrogens is 318 g/mol. The van der Waals surface area contributed by atoms with E-state index in [0.29, 0.717) is 39.4 Å². The van der Waals surface area contributed by atoms with E-state index in [-0.39, 0.29) is 5.91 Å². The van der Waals surface area contributed by atoms with Gasteiger partial charge in [0.05, 0.1) is 13.2 Å². The highest BCUT2D eigenvalue weighted by atomic mass is 16.5. The Labute approximate surface area is 148 Å². The van der Waals surface area contributed by atoms with Crippen LogP contribution < -0.4 is 14.8 Å². The maximum Gasteiger partial charge on any atom is 0.219 e. The summed E-state index contributed by atoms with van der Waals surface area (Å²) in [6.45, 7) is 4.33. The summed E-state index contributed by atoms with van der Waals surface area (Å²) in [7, 11) is 0. The van der Waals surface area contributed by atoms with Crippen LogP contribution in [0, 0.1) is 0 Å². The molecule has 0 heterocycles. The Morgan fingerprint density at radius 2 is 1.56 bits per heavy atom. The van der Waals surface area contributed by atoms with E-state index in [1.54, 1.807) is 0 Å². The number of carbonyl (C=O) groups is 1. The lowest BCUT2D eigenvalue weighted by Gasteiger charge is -2.09. The molecule has 0 aliphatic rings. The fraction of sp³-hybridized carbons (Fsp3) is 0.350. The number of benzene rings is 2. The Hall–Kier alpha value is -2.53. The first-order valence-electron chi connectivity index (χ1n) is 8.52. The first-order chi connectivity index (χ1) is 12.3. The van der Waals surface area contributed by atoms with Crippen molar-refractivity contribution in [3.63, 3.8) is 0 Å². The molecule has 25 heavy (non-hydrogen) atoms. The molecule has 0 saturated carbocycles. The first kappa shape index (κ1) is 18.8. The quantitative estimate of drug-likeness (QED) is 0.637. The zero-order valence-corrected chi connectivity index (χ0v) is 14.6. The maximum absolute atomic E-state index is 11.0. The molecule has 0 atom stereocenters. The predicted octanol–water partition coefficient (Wildman–Crippen LogP) is 3.19. The molecule has 1 N–H and O–H groups in total. The van der Waals surface area contributed by atoms with Crippen LogP contribution in [0.4, 0.5) is 0 Å². The van der Waals surface area contributed by atoms with Crippen molar-refractivity contribution in [1.29, 1.82) is 0 Å². The summed E-state index contributed by atoms with van der Waals surface area (Å²) in [5, 5.41) is 2.75. The van der Waals surface area contributed by atoms with Gasteiger partial charge >= 0.3 is 0 Å². The van der Waals surface area contributed by atoms with E-state index in [0.717, 1.165) is 17.1 Å². The van der Waals surface area contributed by atoms with E-state index >= 15 is 0 Å². The fourth-order valence-corrected chi connectivity index (χ4v) is 2.08. The second kappa shape index (κ2) is 11.1. The Bertz CT molecular complexity index is 613. The molecule has 5 heteroatoms. The molecule has 0 aromatic heterocycles. The maximum atomic E-state index is 11.0. The van der Waals surface area contributed by atoms with Gasteiger partial charge in [0.1, 0.15) is 24.7 Å². The van der Waals surface area contributed by atoms with Gasteiger partial charge in [-0.3, -0.25) is 4.79 Å². The molecular formula is C20H25NO4. The minimum Gasteiger partial charge on any atom is -0.491 e. The highest BCUT2D eigenvalue weighted by Crippen LogP contribution is 2.18. The molecule has 0 unspecified atom stereocenters. The van der Waals surface area contributed by atoms with E-state index in [1.807, 2.05) is 61.5 Å². The van der Waals surface area contributed by atoms with Gasteiger partial charge in [0.2, 0.25) is 5.91 Å². The largest absolute Gasteiger partial charge is 0.491 e. The van der Waals surface area contributed by atoms with Crippen LogP contribution >= 0.6 is 0 Å². The Balaban J connectivity index is 1.58. The van der Waals surface area contributed by atoms with Gasteiger partial charge in [0, 0.05) is 13.0 Å². The molecule has 2 rings (SSSR count). The lowest BCUT2D eigenvalue weighted by Crippen LogP contribution is -2.26. The first-order valence-corrected chi connectivity index (χ1v) is 8.52. The van der Waals surface area contributed by atoms with Crippen molar-refractivity contribution in [2.45, 2.75) is 20.0 Å². The standard InChI is InChI=1S/C20H25NO4/c1-2-20(22)21-12-13-23-14-15-24-18-8-10-19(11-9-18)25-16-17-6-4-3-5-7-17/h3-11H,2,12-16H2,1H3,(H,21,22). The summed E-state index contributed by atoms with van der Waals surface area (Å²) in [6.07, 6.45) is 0.494. The molecule has 0 spiro atoms. The zero-order valence-electron chi connectivity index (χ0n) is 14.6. The summed E-state index contributed by atoms with van der Waals surface area (Å²) in [4.78, 5) is 11.0. The van der Waals surface area contributed by atoms with Crippen molar-refractivity contribution < 1.29 is 19.0 Å². The summed E-state index contributed by atoms with van der Waals surface area (Å²) < 4.78 is 16.7. The summed E-state index contributed by atoms with van der Waals surface area (Å²) in [5.41, 5.74) is 1.13. The van der Waals surface area contributed by atoms with E-state index in [4.69, 9.17) is 14.2 Å². The summed E-state index contributed by atoms with van der Waals surface area (Å²) in [6, 6.07) is 17.6. The van der Waals surface area contributed by atoms with E-state index < -0.39 is 0 Å². The highest BCUT2D eigenvalue weighted by molar-refractivity contribution is 5.75. The highest BCUT2D eigenvalue weighted by Gasteiger charge is 1.99. The number of hydrogen-bond donors (Lipinski definition) is 1. The van der Waals surface area contributed by atoms with Crippen LogP contribution in [-0.2, 0) is 16.1 Å². The molecule has 0 radical (unpaired) electrons. The van der Waals surface area contributed by atoms with Crippen LogP contribution in [0.15, 0.2) is 54.6 Å². The second-order valence-corrected chi connectivity index (χ2v) is 5.41. The van der Waals surface area contributed by atoms with Crippen molar-refractivity contribution >= 4 is 5.91 Å². The lowest BCUT2D eigenvalue weighted by atomic mass is 10.2. The fourth-order valence-electron chi connectivity index (χ4n) is 2.08. The molecule has 0 aliphatic heterocycles. The van der Waals surface area contributed by atoms with Gasteiger partial charge in [-0.15, -0.1) is 0 Å². The summed E-state index contributed by atoms with van der Waals surface area (Å²) in [5.74, 6) is 1.61. The second-order valence-electron chi connectivity index (χ2n) is 5.41. The van der Waals surface area contributed by atoms with Gasteiger partial charge in [0.15, 0.2) is 0 Å². The van der Waals surface area contributed by atoms with E-state index in [9.17, 15) is 4.79 Å². The monoisotopic (exact) mass is 343 g/mol. The molecule has 0 aliphatic carbocycles. The molecule has 2 aromatic carbocycles. The third-order valence-corrected chi connectivity index (χ3v) is 3.46. The SMILES string of the molecule is CCC(=O)NCCOCCOc1ccc(OCc2ccccc2)cc1. The minimum atomic E-state index is 0.0365. The van der Waals surface area contributed by atoms with Gasteiger partial charge in [0.25, 0.3) is 0 Å². The number of nitrogens with one attached hydrogen (secondary N) is 1. The van der Waals surface area contributed by atoms with E-state index in [1.165, 1.54) is 0 Å². The Morgan fingerprint density at radius 1 is 0.880 bits per heavy atom. The van der Waals surface area contributed by atoms with Gasteiger partial charge in [-0.05, 0) is 29.8 Å². The molecule has 2 aromatic rings. The number of ether oxygens (including phenoxy) is 3. The minimum absolute atomic E-state index is 0.0365. The average Bonchev–Trinajstić information content (AvgIpc) is 2.67. The third-order valence-electron chi connectivity index (χ3n) is 3.46. The predicted molar refractivity (Wildman–Crippen MR) is 96.8 cm³/mol. The molecule has 5 nitrogen and oxygen atoms in total. The topological polar surface area (TPSA) is 56.8 Å². The number of carbonyl (C=O) groups excluding carboxylic acids is 1. The number of amides is 1.